The Bertz CT molecular complexity index is 1190. The van der Waals surface area contributed by atoms with Gasteiger partial charge in [-0.25, -0.2) is 9.78 Å². The zero-order valence-corrected chi connectivity index (χ0v) is 18.1. The maximum Gasteiger partial charge on any atom is 0.337 e. The summed E-state index contributed by atoms with van der Waals surface area (Å²) in [5.41, 5.74) is -0.307. The molecule has 2 N–H and O–H groups in total. The van der Waals surface area contributed by atoms with Gasteiger partial charge in [-0.1, -0.05) is 18.5 Å². The van der Waals surface area contributed by atoms with E-state index in [1.54, 1.807) is 25.1 Å². The first-order chi connectivity index (χ1) is 14.3. The van der Waals surface area contributed by atoms with Crippen LogP contribution in [-0.4, -0.2) is 33.6 Å². The van der Waals surface area contributed by atoms with Gasteiger partial charge in [0.2, 0.25) is 5.91 Å². The lowest BCUT2D eigenvalue weighted by atomic mass is 10.2. The van der Waals surface area contributed by atoms with E-state index in [9.17, 15) is 19.5 Å². The van der Waals surface area contributed by atoms with E-state index in [0.717, 1.165) is 11.3 Å². The van der Waals surface area contributed by atoms with E-state index >= 15 is 0 Å². The number of rotatable bonds is 7. The third kappa shape index (κ3) is 4.03. The van der Waals surface area contributed by atoms with Crippen molar-refractivity contribution in [2.45, 2.75) is 32.7 Å². The number of anilines is 1. The molecule has 0 aliphatic rings. The van der Waals surface area contributed by atoms with Gasteiger partial charge in [-0.05, 0) is 31.5 Å². The summed E-state index contributed by atoms with van der Waals surface area (Å²) in [6.45, 7) is 3.49. The molecule has 3 rings (SSSR count). The third-order valence-electron chi connectivity index (χ3n) is 4.60. The first-order valence-corrected chi connectivity index (χ1v) is 10.4. The Hall–Kier alpha value is -2.91. The molecule has 10 heteroatoms. The first-order valence-electron chi connectivity index (χ1n) is 9.18. The molecule has 1 aromatic carbocycles. The molecule has 2 aromatic heterocycles. The number of ether oxygens (including phenoxy) is 1. The minimum absolute atomic E-state index is 0.00680. The number of aromatic carboxylic acids is 1. The number of aryl methyl sites for hydroxylation is 1. The molecule has 1 unspecified atom stereocenters. The third-order valence-corrected chi connectivity index (χ3v) is 5.71. The minimum Gasteiger partial charge on any atom is -0.495 e. The fraction of sp³-hybridized carbons (Fsp3) is 0.300. The Morgan fingerprint density at radius 1 is 1.40 bits per heavy atom. The van der Waals surface area contributed by atoms with Crippen molar-refractivity contribution < 1.29 is 19.4 Å². The Balaban J connectivity index is 2.09. The lowest BCUT2D eigenvalue weighted by Crippen LogP contribution is -2.35. The Morgan fingerprint density at radius 3 is 2.77 bits per heavy atom. The van der Waals surface area contributed by atoms with Crippen molar-refractivity contribution in [2.24, 2.45) is 0 Å². The molecule has 0 bridgehead atoms. The van der Waals surface area contributed by atoms with Crippen molar-refractivity contribution in [3.05, 3.63) is 50.3 Å². The molecular formula is C20H20ClN3O5S. The molecular weight excluding hydrogens is 430 g/mol. The van der Waals surface area contributed by atoms with Crippen LogP contribution in [0.2, 0.25) is 5.02 Å². The van der Waals surface area contributed by atoms with Gasteiger partial charge in [0.15, 0.2) is 0 Å². The summed E-state index contributed by atoms with van der Waals surface area (Å²) in [6, 6.07) is 3.85. The van der Waals surface area contributed by atoms with E-state index in [4.69, 9.17) is 16.3 Å². The summed E-state index contributed by atoms with van der Waals surface area (Å²) in [7, 11) is 1.47. The Labute approximate surface area is 181 Å². The highest BCUT2D eigenvalue weighted by molar-refractivity contribution is 7.17. The summed E-state index contributed by atoms with van der Waals surface area (Å²) in [4.78, 5) is 42.6. The van der Waals surface area contributed by atoms with Crippen LogP contribution in [0.15, 0.2) is 28.4 Å². The van der Waals surface area contributed by atoms with Gasteiger partial charge in [0.05, 0.1) is 23.7 Å². The number of hydrogen-bond acceptors (Lipinski definition) is 6. The monoisotopic (exact) mass is 449 g/mol. The minimum atomic E-state index is -1.21. The number of fused-ring (bicyclic) bond motifs is 1. The van der Waals surface area contributed by atoms with E-state index in [1.807, 2.05) is 6.92 Å². The van der Waals surface area contributed by atoms with Crippen molar-refractivity contribution in [2.75, 3.05) is 12.4 Å². The number of carboxylic acids is 1. The number of hydrogen-bond donors (Lipinski definition) is 2. The van der Waals surface area contributed by atoms with E-state index in [-0.39, 0.29) is 10.9 Å². The topological polar surface area (TPSA) is 111 Å². The summed E-state index contributed by atoms with van der Waals surface area (Å²) in [5, 5.41) is 13.9. The van der Waals surface area contributed by atoms with E-state index < -0.39 is 23.5 Å². The van der Waals surface area contributed by atoms with Gasteiger partial charge < -0.3 is 15.2 Å². The number of nitrogens with one attached hydrogen (secondary N) is 1. The van der Waals surface area contributed by atoms with Crippen LogP contribution in [0.5, 0.6) is 5.75 Å². The highest BCUT2D eigenvalue weighted by atomic mass is 35.5. The van der Waals surface area contributed by atoms with Gasteiger partial charge in [0.25, 0.3) is 5.56 Å². The van der Waals surface area contributed by atoms with Crippen molar-refractivity contribution >= 4 is 50.7 Å². The summed E-state index contributed by atoms with van der Waals surface area (Å²) in [5.74, 6) is -0.853. The van der Waals surface area contributed by atoms with Crippen molar-refractivity contribution in [3.8, 4) is 5.75 Å². The van der Waals surface area contributed by atoms with Gasteiger partial charge in [-0.15, -0.1) is 11.3 Å². The maximum atomic E-state index is 13.2. The molecule has 3 aromatic rings. The smallest absolute Gasteiger partial charge is 0.337 e. The largest absolute Gasteiger partial charge is 0.495 e. The number of methoxy groups -OCH3 is 1. The standard InChI is InChI=1S/C20H20ClN3O5S/c1-4-5-15-23-18-16(12(9-30-18)20(27)28)19(26)24(15)10(2)17(25)22-13-8-11(21)6-7-14(13)29-3/h6-10H,4-5H2,1-3H3,(H,22,25)(H,27,28). The van der Waals surface area contributed by atoms with E-state index in [1.165, 1.54) is 17.1 Å². The number of carbonyl (C=O) groups is 2. The number of nitrogens with zero attached hydrogens (tertiary/aromatic N) is 2. The van der Waals surface area contributed by atoms with E-state index in [0.29, 0.717) is 40.0 Å². The molecule has 2 heterocycles. The molecule has 0 spiro atoms. The molecule has 0 aliphatic carbocycles. The number of thiophene rings is 1. The van der Waals surface area contributed by atoms with Gasteiger partial charge in [0.1, 0.15) is 22.4 Å². The normalized spacial score (nSPS) is 12.0. The summed E-state index contributed by atoms with van der Waals surface area (Å²) < 4.78 is 6.51. The average molecular weight is 450 g/mol. The Morgan fingerprint density at radius 2 is 2.13 bits per heavy atom. The molecule has 0 fully saturated rings. The SMILES string of the molecule is CCCc1nc2scc(C(=O)O)c2c(=O)n1C(C)C(=O)Nc1cc(Cl)ccc1OC. The van der Waals surface area contributed by atoms with Crippen LogP contribution >= 0.6 is 22.9 Å². The van der Waals surface area contributed by atoms with Crippen LogP contribution in [0.1, 0.15) is 42.5 Å². The van der Waals surface area contributed by atoms with Crippen molar-refractivity contribution in [1.29, 1.82) is 0 Å². The van der Waals surface area contributed by atoms with E-state index in [2.05, 4.69) is 10.3 Å². The number of halogens is 1. The summed E-state index contributed by atoms with van der Waals surface area (Å²) in [6.07, 6.45) is 1.16. The highest BCUT2D eigenvalue weighted by Crippen LogP contribution is 2.29. The van der Waals surface area contributed by atoms with Crippen LogP contribution in [0.4, 0.5) is 5.69 Å². The molecule has 30 heavy (non-hydrogen) atoms. The van der Waals surface area contributed by atoms with Crippen molar-refractivity contribution in [3.63, 3.8) is 0 Å². The first kappa shape index (κ1) is 21.8. The second kappa shape index (κ2) is 8.85. The zero-order valence-electron chi connectivity index (χ0n) is 16.6. The second-order valence-corrected chi connectivity index (χ2v) is 7.89. The van der Waals surface area contributed by atoms with Gasteiger partial charge in [-0.2, -0.15) is 0 Å². The van der Waals surface area contributed by atoms with Gasteiger partial charge >= 0.3 is 5.97 Å². The van der Waals surface area contributed by atoms with Crippen LogP contribution in [0.25, 0.3) is 10.2 Å². The lowest BCUT2D eigenvalue weighted by molar-refractivity contribution is -0.119. The predicted octanol–water partition coefficient (Wildman–Crippen LogP) is 3.97. The average Bonchev–Trinajstić information content (AvgIpc) is 3.13. The molecule has 0 aliphatic heterocycles. The quantitative estimate of drug-likeness (QED) is 0.564. The molecule has 1 amide bonds. The fourth-order valence-corrected chi connectivity index (χ4v) is 4.23. The zero-order chi connectivity index (χ0) is 22.0. The van der Waals surface area contributed by atoms with Crippen LogP contribution in [-0.2, 0) is 11.2 Å². The maximum absolute atomic E-state index is 13.2. The molecule has 158 valence electrons. The summed E-state index contributed by atoms with van der Waals surface area (Å²) >= 11 is 7.12. The number of aromatic nitrogens is 2. The predicted molar refractivity (Wildman–Crippen MR) is 116 cm³/mol. The number of amides is 1. The number of carbonyl (C=O) groups excluding carboxylic acids is 1. The molecule has 0 saturated carbocycles. The number of carboxylic acid groups (broad SMARTS) is 1. The van der Waals surface area contributed by atoms with Crippen LogP contribution < -0.4 is 15.6 Å². The molecule has 8 nitrogen and oxygen atoms in total. The van der Waals surface area contributed by atoms with Crippen LogP contribution in [0, 0.1) is 0 Å². The molecule has 0 radical (unpaired) electrons. The number of benzene rings is 1. The van der Waals surface area contributed by atoms with Crippen LogP contribution in [0.3, 0.4) is 0 Å². The molecule has 0 saturated heterocycles. The lowest BCUT2D eigenvalue weighted by Gasteiger charge is -2.20. The molecule has 1 atom stereocenters. The second-order valence-electron chi connectivity index (χ2n) is 6.60. The van der Waals surface area contributed by atoms with Crippen molar-refractivity contribution in [1.82, 2.24) is 9.55 Å². The highest BCUT2D eigenvalue weighted by Gasteiger charge is 2.25. The van der Waals surface area contributed by atoms with Gasteiger partial charge in [0, 0.05) is 16.8 Å². The van der Waals surface area contributed by atoms with Gasteiger partial charge in [-0.3, -0.25) is 14.2 Å². The Kier molecular flexibility index (Phi) is 6.42. The fourth-order valence-electron chi connectivity index (χ4n) is 3.13.